The number of nitrogens with zero attached hydrogens (tertiary/aromatic N) is 1. The summed E-state index contributed by atoms with van der Waals surface area (Å²) in [7, 11) is 0. The number of carbonyl (C=O) groups excluding carboxylic acids is 1. The van der Waals surface area contributed by atoms with E-state index >= 15 is 0 Å². The van der Waals surface area contributed by atoms with Crippen molar-refractivity contribution < 1.29 is 4.79 Å². The van der Waals surface area contributed by atoms with Gasteiger partial charge in [-0.15, -0.1) is 11.6 Å². The van der Waals surface area contributed by atoms with Gasteiger partial charge in [0.05, 0.1) is 0 Å². The second-order valence-corrected chi connectivity index (χ2v) is 4.92. The highest BCUT2D eigenvalue weighted by Gasteiger charge is 2.27. The van der Waals surface area contributed by atoms with Crippen molar-refractivity contribution in [3.63, 3.8) is 0 Å². The van der Waals surface area contributed by atoms with E-state index in [0.29, 0.717) is 17.4 Å². The van der Waals surface area contributed by atoms with Crippen LogP contribution in [0.1, 0.15) is 35.3 Å². The van der Waals surface area contributed by atoms with Crippen LogP contribution >= 0.6 is 11.6 Å². The van der Waals surface area contributed by atoms with Crippen molar-refractivity contribution in [1.82, 2.24) is 10.3 Å². The molecule has 1 aliphatic rings. The molecule has 0 aromatic carbocycles. The molecule has 1 heterocycles. The van der Waals surface area contributed by atoms with E-state index in [9.17, 15) is 4.79 Å². The summed E-state index contributed by atoms with van der Waals surface area (Å²) in [4.78, 5) is 16.1. The van der Waals surface area contributed by atoms with Crippen molar-refractivity contribution in [2.24, 2.45) is 5.92 Å². The van der Waals surface area contributed by atoms with E-state index in [2.05, 4.69) is 10.3 Å². The third-order valence-corrected chi connectivity index (χ3v) is 3.73. The molecule has 0 radical (unpaired) electrons. The van der Waals surface area contributed by atoms with Crippen LogP contribution < -0.4 is 5.32 Å². The Hall–Kier alpha value is -1.09. The highest BCUT2D eigenvalue weighted by Crippen LogP contribution is 2.26. The Morgan fingerprint density at radius 1 is 1.59 bits per heavy atom. The van der Waals surface area contributed by atoms with Crippen molar-refractivity contribution in [3.8, 4) is 0 Å². The number of pyridine rings is 1. The molecule has 1 aromatic rings. The number of nitrogens with one attached hydrogen (secondary N) is 1. The minimum absolute atomic E-state index is 0.0162. The Balaban J connectivity index is 2.01. The molecule has 0 spiro atoms. The predicted octanol–water partition coefficient (Wildman–Crippen LogP) is 2.53. The molecule has 2 atom stereocenters. The van der Waals surface area contributed by atoms with E-state index in [1.54, 1.807) is 18.3 Å². The summed E-state index contributed by atoms with van der Waals surface area (Å²) in [6, 6.07) is 3.78. The largest absolute Gasteiger partial charge is 0.349 e. The van der Waals surface area contributed by atoms with E-state index in [-0.39, 0.29) is 11.9 Å². The van der Waals surface area contributed by atoms with Gasteiger partial charge < -0.3 is 5.32 Å². The SMILES string of the molecule is Cc1cc(C(=O)NC2CCCC2CCl)ccn1. The molecule has 2 rings (SSSR count). The minimum atomic E-state index is -0.0162. The lowest BCUT2D eigenvalue weighted by molar-refractivity contribution is 0.0930. The van der Waals surface area contributed by atoms with Crippen molar-refractivity contribution in [1.29, 1.82) is 0 Å². The van der Waals surface area contributed by atoms with Gasteiger partial charge in [0, 0.05) is 29.4 Å². The minimum Gasteiger partial charge on any atom is -0.349 e. The van der Waals surface area contributed by atoms with Crippen LogP contribution in [-0.2, 0) is 0 Å². The van der Waals surface area contributed by atoms with Gasteiger partial charge >= 0.3 is 0 Å². The first-order valence-electron chi connectivity index (χ1n) is 6.00. The molecule has 1 N–H and O–H groups in total. The van der Waals surface area contributed by atoms with Gasteiger partial charge in [-0.1, -0.05) is 6.42 Å². The number of hydrogen-bond acceptors (Lipinski definition) is 2. The molecule has 0 saturated heterocycles. The van der Waals surface area contributed by atoms with Crippen LogP contribution in [-0.4, -0.2) is 22.8 Å². The highest BCUT2D eigenvalue weighted by atomic mass is 35.5. The fourth-order valence-electron chi connectivity index (χ4n) is 2.35. The van der Waals surface area contributed by atoms with Crippen molar-refractivity contribution in [2.45, 2.75) is 32.2 Å². The summed E-state index contributed by atoms with van der Waals surface area (Å²) in [5, 5.41) is 3.07. The lowest BCUT2D eigenvalue weighted by Gasteiger charge is -2.18. The lowest BCUT2D eigenvalue weighted by atomic mass is 10.1. The van der Waals surface area contributed by atoms with Crippen LogP contribution in [0, 0.1) is 12.8 Å². The van der Waals surface area contributed by atoms with Crippen molar-refractivity contribution in [3.05, 3.63) is 29.6 Å². The normalized spacial score (nSPS) is 23.6. The predicted molar refractivity (Wildman–Crippen MR) is 68.3 cm³/mol. The number of hydrogen-bond donors (Lipinski definition) is 1. The molecule has 92 valence electrons. The molecule has 0 aliphatic heterocycles. The summed E-state index contributed by atoms with van der Waals surface area (Å²) in [5.74, 6) is 1.03. The van der Waals surface area contributed by atoms with Crippen molar-refractivity contribution in [2.75, 3.05) is 5.88 Å². The van der Waals surface area contributed by atoms with Gasteiger partial charge in [0.1, 0.15) is 0 Å². The standard InChI is InChI=1S/C13H17ClN2O/c1-9-7-10(5-6-15-9)13(17)16-12-4-2-3-11(12)8-14/h5-7,11-12H,2-4,8H2,1H3,(H,16,17). The van der Waals surface area contributed by atoms with E-state index in [1.165, 1.54) is 0 Å². The lowest BCUT2D eigenvalue weighted by Crippen LogP contribution is -2.37. The average Bonchev–Trinajstić information content (AvgIpc) is 2.76. The van der Waals surface area contributed by atoms with Crippen LogP contribution in [0.2, 0.25) is 0 Å². The molecule has 17 heavy (non-hydrogen) atoms. The maximum absolute atomic E-state index is 12.0. The molecule has 4 heteroatoms. The fraction of sp³-hybridized carbons (Fsp3) is 0.538. The number of alkyl halides is 1. The Labute approximate surface area is 107 Å². The summed E-state index contributed by atoms with van der Waals surface area (Å²) < 4.78 is 0. The van der Waals surface area contributed by atoms with Crippen LogP contribution in [0.3, 0.4) is 0 Å². The number of carbonyl (C=O) groups is 1. The van der Waals surface area contributed by atoms with Crippen molar-refractivity contribution >= 4 is 17.5 Å². The monoisotopic (exact) mass is 252 g/mol. The maximum atomic E-state index is 12.0. The van der Waals surface area contributed by atoms with E-state index in [4.69, 9.17) is 11.6 Å². The first kappa shape index (κ1) is 12.4. The van der Waals surface area contributed by atoms with E-state index < -0.39 is 0 Å². The summed E-state index contributed by atoms with van der Waals surface area (Å²) in [6.07, 6.45) is 4.96. The van der Waals surface area contributed by atoms with Gasteiger partial charge in [-0.05, 0) is 37.8 Å². The van der Waals surface area contributed by atoms with E-state index in [0.717, 1.165) is 25.0 Å². The number of aromatic nitrogens is 1. The van der Waals surface area contributed by atoms with Gasteiger partial charge in [0.2, 0.25) is 0 Å². The molecule has 2 unspecified atom stereocenters. The molecule has 1 fully saturated rings. The quantitative estimate of drug-likeness (QED) is 0.840. The van der Waals surface area contributed by atoms with E-state index in [1.807, 2.05) is 6.92 Å². The van der Waals surface area contributed by atoms with Crippen LogP contribution in [0.5, 0.6) is 0 Å². The number of aryl methyl sites for hydroxylation is 1. The molecule has 3 nitrogen and oxygen atoms in total. The molecule has 1 aliphatic carbocycles. The zero-order chi connectivity index (χ0) is 12.3. The second kappa shape index (κ2) is 5.50. The Morgan fingerprint density at radius 2 is 2.41 bits per heavy atom. The summed E-state index contributed by atoms with van der Waals surface area (Å²) in [6.45, 7) is 1.88. The van der Waals surface area contributed by atoms with Crippen LogP contribution in [0.25, 0.3) is 0 Å². The summed E-state index contributed by atoms with van der Waals surface area (Å²) in [5.41, 5.74) is 1.54. The highest BCUT2D eigenvalue weighted by molar-refractivity contribution is 6.18. The molecule has 0 bridgehead atoms. The average molecular weight is 253 g/mol. The van der Waals surface area contributed by atoms with Crippen LogP contribution in [0.15, 0.2) is 18.3 Å². The molecule has 1 aromatic heterocycles. The molecular weight excluding hydrogens is 236 g/mol. The fourth-order valence-corrected chi connectivity index (χ4v) is 2.72. The van der Waals surface area contributed by atoms with Gasteiger partial charge in [-0.2, -0.15) is 0 Å². The topological polar surface area (TPSA) is 42.0 Å². The van der Waals surface area contributed by atoms with Gasteiger partial charge in [-0.3, -0.25) is 9.78 Å². The number of rotatable bonds is 3. The number of amides is 1. The second-order valence-electron chi connectivity index (χ2n) is 4.61. The molecule has 1 amide bonds. The Bertz CT molecular complexity index is 408. The molecular formula is C13H17ClN2O. The van der Waals surface area contributed by atoms with Gasteiger partial charge in [0.25, 0.3) is 5.91 Å². The molecule has 1 saturated carbocycles. The van der Waals surface area contributed by atoms with Gasteiger partial charge in [-0.25, -0.2) is 0 Å². The van der Waals surface area contributed by atoms with Crippen LogP contribution in [0.4, 0.5) is 0 Å². The third-order valence-electron chi connectivity index (χ3n) is 3.33. The zero-order valence-electron chi connectivity index (χ0n) is 9.95. The zero-order valence-corrected chi connectivity index (χ0v) is 10.7. The Morgan fingerprint density at radius 3 is 3.12 bits per heavy atom. The smallest absolute Gasteiger partial charge is 0.251 e. The number of halogens is 1. The first-order valence-corrected chi connectivity index (χ1v) is 6.53. The van der Waals surface area contributed by atoms with Gasteiger partial charge in [0.15, 0.2) is 0 Å². The third kappa shape index (κ3) is 2.97. The first-order chi connectivity index (χ1) is 8.20. The summed E-state index contributed by atoms with van der Waals surface area (Å²) >= 11 is 5.90. The Kier molecular flexibility index (Phi) is 4.00. The maximum Gasteiger partial charge on any atom is 0.251 e.